The summed E-state index contributed by atoms with van der Waals surface area (Å²) < 4.78 is 10.3. The summed E-state index contributed by atoms with van der Waals surface area (Å²) >= 11 is 0. The molecule has 2 amide bonds. The number of nitrogens with one attached hydrogen (secondary N) is 1. The van der Waals surface area contributed by atoms with Gasteiger partial charge in [-0.1, -0.05) is 60.7 Å². The molecule has 2 atom stereocenters. The number of alkyl carbamates (subject to hydrolysis) is 1. The van der Waals surface area contributed by atoms with Gasteiger partial charge in [-0.05, 0) is 31.9 Å². The molecule has 3 rings (SSSR count). The first kappa shape index (κ1) is 23.3. The maximum absolute atomic E-state index is 13.7. The van der Waals surface area contributed by atoms with Crippen molar-refractivity contribution < 1.29 is 23.9 Å². The summed E-state index contributed by atoms with van der Waals surface area (Å²) in [5.74, 6) is -1.80. The number of carbonyl (C=O) groups is 3. The van der Waals surface area contributed by atoms with E-state index >= 15 is 0 Å². The molecule has 0 aliphatic carbocycles. The molecule has 0 unspecified atom stereocenters. The number of ether oxygens (including phenoxy) is 2. The largest absolute Gasteiger partial charge is 0.469 e. The average molecular weight is 439 g/mol. The molecule has 1 N–H and O–H groups in total. The second-order valence-corrected chi connectivity index (χ2v) is 8.88. The topological polar surface area (TPSA) is 84.9 Å². The SMILES string of the molecule is COC(=O)[C@H]1CN(C(=O)C(c2ccccc2)c2ccccc2)C[C@@H]1NC(=O)OC(C)(C)C. The van der Waals surface area contributed by atoms with Crippen LogP contribution < -0.4 is 5.32 Å². The number of likely N-dealkylation sites (tertiary alicyclic amines) is 1. The van der Waals surface area contributed by atoms with E-state index in [0.29, 0.717) is 0 Å². The molecule has 1 saturated heterocycles. The Morgan fingerprint density at radius 1 is 0.938 bits per heavy atom. The first-order chi connectivity index (χ1) is 15.2. The number of benzene rings is 2. The number of amides is 2. The van der Waals surface area contributed by atoms with E-state index in [1.54, 1.807) is 25.7 Å². The number of esters is 1. The molecule has 170 valence electrons. The highest BCUT2D eigenvalue weighted by atomic mass is 16.6. The molecule has 32 heavy (non-hydrogen) atoms. The van der Waals surface area contributed by atoms with Crippen molar-refractivity contribution in [2.45, 2.75) is 38.3 Å². The molecule has 0 radical (unpaired) electrons. The van der Waals surface area contributed by atoms with Crippen LogP contribution in [0.2, 0.25) is 0 Å². The van der Waals surface area contributed by atoms with Gasteiger partial charge in [0.15, 0.2) is 0 Å². The summed E-state index contributed by atoms with van der Waals surface area (Å²) in [5.41, 5.74) is 1.05. The van der Waals surface area contributed by atoms with Crippen molar-refractivity contribution in [3.05, 3.63) is 71.8 Å². The molecule has 7 nitrogen and oxygen atoms in total. The maximum Gasteiger partial charge on any atom is 0.407 e. The number of hydrogen-bond acceptors (Lipinski definition) is 5. The molecule has 1 fully saturated rings. The summed E-state index contributed by atoms with van der Waals surface area (Å²) in [7, 11) is 1.30. The van der Waals surface area contributed by atoms with Crippen LogP contribution in [0.3, 0.4) is 0 Å². The second-order valence-electron chi connectivity index (χ2n) is 8.88. The van der Waals surface area contributed by atoms with Gasteiger partial charge in [-0.15, -0.1) is 0 Å². The highest BCUT2D eigenvalue weighted by Gasteiger charge is 2.43. The minimum absolute atomic E-state index is 0.134. The molecule has 0 bridgehead atoms. The van der Waals surface area contributed by atoms with Gasteiger partial charge in [-0.3, -0.25) is 9.59 Å². The Morgan fingerprint density at radius 3 is 1.94 bits per heavy atom. The molecule has 0 saturated carbocycles. The van der Waals surface area contributed by atoms with Crippen LogP contribution in [0.5, 0.6) is 0 Å². The summed E-state index contributed by atoms with van der Waals surface area (Å²) in [6.45, 7) is 5.63. The van der Waals surface area contributed by atoms with Crippen LogP contribution >= 0.6 is 0 Å². The van der Waals surface area contributed by atoms with Gasteiger partial charge in [0.1, 0.15) is 5.60 Å². The summed E-state index contributed by atoms with van der Waals surface area (Å²) in [6.07, 6.45) is -0.631. The molecule has 0 aromatic heterocycles. The van der Waals surface area contributed by atoms with E-state index in [-0.39, 0.29) is 19.0 Å². The van der Waals surface area contributed by atoms with E-state index < -0.39 is 35.5 Å². The standard InChI is InChI=1S/C25H30N2O5/c1-25(2,3)32-24(30)26-20-16-27(15-19(20)23(29)31-4)22(28)21(17-11-7-5-8-12-17)18-13-9-6-10-14-18/h5-14,19-21H,15-16H2,1-4H3,(H,26,30)/t19-,20-/m0/s1. The third-order valence-electron chi connectivity index (χ3n) is 5.35. The van der Waals surface area contributed by atoms with Crippen LogP contribution in [-0.2, 0) is 19.1 Å². The van der Waals surface area contributed by atoms with Crippen LogP contribution in [-0.4, -0.2) is 54.7 Å². The first-order valence-corrected chi connectivity index (χ1v) is 10.7. The Morgan fingerprint density at radius 2 is 1.47 bits per heavy atom. The quantitative estimate of drug-likeness (QED) is 0.724. The van der Waals surface area contributed by atoms with Crippen LogP contribution in [0.15, 0.2) is 60.7 Å². The van der Waals surface area contributed by atoms with Gasteiger partial charge in [0.25, 0.3) is 0 Å². The van der Waals surface area contributed by atoms with Gasteiger partial charge < -0.3 is 19.7 Å². The third kappa shape index (κ3) is 5.66. The molecular weight excluding hydrogens is 408 g/mol. The molecule has 7 heteroatoms. The minimum atomic E-state index is -0.677. The van der Waals surface area contributed by atoms with Crippen LogP contribution in [0.25, 0.3) is 0 Å². The van der Waals surface area contributed by atoms with Crippen LogP contribution in [0, 0.1) is 5.92 Å². The van der Waals surface area contributed by atoms with Crippen LogP contribution in [0.4, 0.5) is 4.79 Å². The predicted octanol–water partition coefficient (Wildman–Crippen LogP) is 3.34. The Labute approximate surface area is 188 Å². The number of nitrogens with zero attached hydrogens (tertiary/aromatic N) is 1. The fraction of sp³-hybridized carbons (Fsp3) is 0.400. The average Bonchev–Trinajstić information content (AvgIpc) is 3.17. The molecular formula is C25H30N2O5. The number of hydrogen-bond donors (Lipinski definition) is 1. The van der Waals surface area contributed by atoms with Gasteiger partial charge in [-0.2, -0.15) is 0 Å². The van der Waals surface area contributed by atoms with E-state index in [0.717, 1.165) is 11.1 Å². The first-order valence-electron chi connectivity index (χ1n) is 10.7. The minimum Gasteiger partial charge on any atom is -0.469 e. The fourth-order valence-electron chi connectivity index (χ4n) is 3.93. The van der Waals surface area contributed by atoms with Crippen molar-refractivity contribution in [3.63, 3.8) is 0 Å². The lowest BCUT2D eigenvalue weighted by atomic mass is 9.90. The lowest BCUT2D eigenvalue weighted by Crippen LogP contribution is -2.45. The number of methoxy groups -OCH3 is 1. The summed E-state index contributed by atoms with van der Waals surface area (Å²) in [4.78, 5) is 40.1. The van der Waals surface area contributed by atoms with E-state index in [1.807, 2.05) is 60.7 Å². The molecule has 0 spiro atoms. The molecule has 1 aliphatic heterocycles. The van der Waals surface area contributed by atoms with Gasteiger partial charge in [0.2, 0.25) is 5.91 Å². The van der Waals surface area contributed by atoms with Crippen LogP contribution in [0.1, 0.15) is 37.8 Å². The Balaban J connectivity index is 1.85. The molecule has 2 aromatic carbocycles. The smallest absolute Gasteiger partial charge is 0.407 e. The third-order valence-corrected chi connectivity index (χ3v) is 5.35. The Bertz CT molecular complexity index is 900. The summed E-state index contributed by atoms with van der Waals surface area (Å²) in [6, 6.07) is 18.5. The van der Waals surface area contributed by atoms with Gasteiger partial charge in [0, 0.05) is 13.1 Å². The van der Waals surface area contributed by atoms with E-state index in [4.69, 9.17) is 9.47 Å². The van der Waals surface area contributed by atoms with Crippen molar-refractivity contribution in [2.75, 3.05) is 20.2 Å². The van der Waals surface area contributed by atoms with Crippen molar-refractivity contribution in [2.24, 2.45) is 5.92 Å². The zero-order valence-corrected chi connectivity index (χ0v) is 18.9. The number of carbonyl (C=O) groups excluding carboxylic acids is 3. The van der Waals surface area contributed by atoms with E-state index in [2.05, 4.69) is 5.32 Å². The van der Waals surface area contributed by atoms with Gasteiger partial charge in [-0.25, -0.2) is 4.79 Å². The second kappa shape index (κ2) is 9.85. The van der Waals surface area contributed by atoms with E-state index in [1.165, 1.54) is 7.11 Å². The molecule has 1 aliphatic rings. The van der Waals surface area contributed by atoms with Crippen molar-refractivity contribution in [3.8, 4) is 0 Å². The van der Waals surface area contributed by atoms with Crippen molar-refractivity contribution in [1.29, 1.82) is 0 Å². The Hall–Kier alpha value is -3.35. The normalized spacial score (nSPS) is 18.3. The highest BCUT2D eigenvalue weighted by Crippen LogP contribution is 2.30. The predicted molar refractivity (Wildman–Crippen MR) is 120 cm³/mol. The van der Waals surface area contributed by atoms with Crippen molar-refractivity contribution >= 4 is 18.0 Å². The monoisotopic (exact) mass is 438 g/mol. The summed E-state index contributed by atoms with van der Waals surface area (Å²) in [5, 5.41) is 2.75. The van der Waals surface area contributed by atoms with Gasteiger partial charge in [0.05, 0.1) is 25.0 Å². The molecule has 2 aromatic rings. The van der Waals surface area contributed by atoms with Gasteiger partial charge >= 0.3 is 12.1 Å². The van der Waals surface area contributed by atoms with E-state index in [9.17, 15) is 14.4 Å². The lowest BCUT2D eigenvalue weighted by Gasteiger charge is -2.25. The maximum atomic E-state index is 13.7. The Kier molecular flexibility index (Phi) is 7.18. The zero-order chi connectivity index (χ0) is 23.3. The molecule has 1 heterocycles. The fourth-order valence-corrected chi connectivity index (χ4v) is 3.93. The van der Waals surface area contributed by atoms with Crippen molar-refractivity contribution in [1.82, 2.24) is 10.2 Å². The number of rotatable bonds is 5. The lowest BCUT2D eigenvalue weighted by molar-refractivity contribution is -0.145. The highest BCUT2D eigenvalue weighted by molar-refractivity contribution is 5.88. The zero-order valence-electron chi connectivity index (χ0n) is 18.9.